The second kappa shape index (κ2) is 12.0. The summed E-state index contributed by atoms with van der Waals surface area (Å²) in [7, 11) is 0. The first-order valence-corrected chi connectivity index (χ1v) is 14.3. The first kappa shape index (κ1) is 26.8. The Hall–Kier alpha value is -4.42. The largest absolute Gasteiger partial charge is 0.494 e. The second-order valence-corrected chi connectivity index (χ2v) is 10.7. The smallest absolute Gasteiger partial charge is 0.252 e. The Balaban J connectivity index is 1.38. The van der Waals surface area contributed by atoms with Gasteiger partial charge >= 0.3 is 0 Å². The summed E-state index contributed by atoms with van der Waals surface area (Å²) < 4.78 is 12.4. The predicted molar refractivity (Wildman–Crippen MR) is 160 cm³/mol. The maximum Gasteiger partial charge on any atom is 0.252 e. The van der Waals surface area contributed by atoms with Crippen molar-refractivity contribution in [1.82, 2.24) is 5.32 Å². The number of carbonyl (C=O) groups excluding carboxylic acids is 1. The van der Waals surface area contributed by atoms with Gasteiger partial charge in [0.2, 0.25) is 5.90 Å². The van der Waals surface area contributed by atoms with Crippen LogP contribution in [0.3, 0.4) is 0 Å². The molecular weight excluding hydrogens is 512 g/mol. The summed E-state index contributed by atoms with van der Waals surface area (Å²) in [5, 5.41) is 12.3. The van der Waals surface area contributed by atoms with Gasteiger partial charge in [0.1, 0.15) is 5.75 Å². The van der Waals surface area contributed by atoms with E-state index in [0.717, 1.165) is 40.7 Å². The molecule has 4 aromatic carbocycles. The van der Waals surface area contributed by atoms with Crippen molar-refractivity contribution >= 4 is 11.8 Å². The molecule has 0 unspecified atom stereocenters. The summed E-state index contributed by atoms with van der Waals surface area (Å²) in [6, 6.07) is 36.2. The molecule has 0 spiro atoms. The lowest BCUT2D eigenvalue weighted by Gasteiger charge is -2.31. The molecule has 6 rings (SSSR count). The minimum atomic E-state index is -1.18. The van der Waals surface area contributed by atoms with Crippen molar-refractivity contribution in [3.63, 3.8) is 0 Å². The van der Waals surface area contributed by atoms with Crippen LogP contribution in [0.25, 0.3) is 11.1 Å². The average molecular weight is 547 g/mol. The number of aliphatic hydroxyl groups is 1. The van der Waals surface area contributed by atoms with Crippen molar-refractivity contribution in [1.29, 1.82) is 0 Å². The van der Waals surface area contributed by atoms with Gasteiger partial charge in [0, 0.05) is 31.1 Å². The number of rotatable bonds is 11. The van der Waals surface area contributed by atoms with Crippen LogP contribution in [0.15, 0.2) is 114 Å². The Bertz CT molecular complexity index is 1480. The van der Waals surface area contributed by atoms with Crippen molar-refractivity contribution in [2.45, 2.75) is 43.4 Å². The highest BCUT2D eigenvalue weighted by Gasteiger charge is 2.54. The van der Waals surface area contributed by atoms with Crippen LogP contribution in [0, 0.1) is 0 Å². The van der Waals surface area contributed by atoms with Gasteiger partial charge in [-0.3, -0.25) is 4.79 Å². The van der Waals surface area contributed by atoms with E-state index in [1.807, 2.05) is 84.9 Å². The molecular formula is C35H34N2O4. The third kappa shape index (κ3) is 6.03. The van der Waals surface area contributed by atoms with Gasteiger partial charge < -0.3 is 19.9 Å². The molecule has 1 saturated carbocycles. The van der Waals surface area contributed by atoms with Gasteiger partial charge in [0.15, 0.2) is 11.6 Å². The van der Waals surface area contributed by atoms with Gasteiger partial charge in [-0.25, -0.2) is 4.99 Å². The lowest BCUT2D eigenvalue weighted by molar-refractivity contribution is -0.129. The highest BCUT2D eigenvalue weighted by Crippen LogP contribution is 2.43. The molecule has 6 heteroatoms. The van der Waals surface area contributed by atoms with E-state index < -0.39 is 11.6 Å². The van der Waals surface area contributed by atoms with E-state index in [2.05, 4.69) is 29.6 Å². The van der Waals surface area contributed by atoms with E-state index in [1.165, 1.54) is 0 Å². The van der Waals surface area contributed by atoms with Crippen LogP contribution in [-0.2, 0) is 16.0 Å². The third-order valence-electron chi connectivity index (χ3n) is 7.58. The fraction of sp³-hybridized carbons (Fsp3) is 0.257. The Morgan fingerprint density at radius 1 is 0.854 bits per heavy atom. The van der Waals surface area contributed by atoms with Crippen LogP contribution in [0.4, 0.5) is 0 Å². The van der Waals surface area contributed by atoms with Gasteiger partial charge in [0.05, 0.1) is 6.61 Å². The van der Waals surface area contributed by atoms with Crippen LogP contribution < -0.4 is 10.1 Å². The number of carbonyl (C=O) groups is 1. The summed E-state index contributed by atoms with van der Waals surface area (Å²) in [5.74, 6) is 1.03. The van der Waals surface area contributed by atoms with Gasteiger partial charge in [-0.05, 0) is 59.4 Å². The number of benzene rings is 4. The quantitative estimate of drug-likeness (QED) is 0.230. The van der Waals surface area contributed by atoms with Gasteiger partial charge in [-0.15, -0.1) is 0 Å². The van der Waals surface area contributed by atoms with Crippen molar-refractivity contribution in [3.8, 4) is 16.9 Å². The van der Waals surface area contributed by atoms with Gasteiger partial charge in [-0.2, -0.15) is 0 Å². The summed E-state index contributed by atoms with van der Waals surface area (Å²) in [4.78, 5) is 19.3. The summed E-state index contributed by atoms with van der Waals surface area (Å²) >= 11 is 0. The minimum Gasteiger partial charge on any atom is -0.494 e. The van der Waals surface area contributed by atoms with Crippen molar-refractivity contribution < 1.29 is 19.4 Å². The van der Waals surface area contributed by atoms with Crippen molar-refractivity contribution in [2.75, 3.05) is 13.2 Å². The van der Waals surface area contributed by atoms with Crippen molar-refractivity contribution in [2.24, 2.45) is 4.99 Å². The molecule has 0 radical (unpaired) electrons. The van der Waals surface area contributed by atoms with Gasteiger partial charge in [0.25, 0.3) is 5.91 Å². The Morgan fingerprint density at radius 2 is 1.49 bits per heavy atom. The fourth-order valence-electron chi connectivity index (χ4n) is 5.21. The molecule has 0 aromatic heterocycles. The van der Waals surface area contributed by atoms with E-state index >= 15 is 0 Å². The molecule has 1 heterocycles. The molecule has 4 aromatic rings. The molecule has 1 amide bonds. The summed E-state index contributed by atoms with van der Waals surface area (Å²) in [6.07, 6.45) is 2.34. The molecule has 1 fully saturated rings. The summed E-state index contributed by atoms with van der Waals surface area (Å²) in [5.41, 5.74) is 3.75. The van der Waals surface area contributed by atoms with Crippen LogP contribution in [0.2, 0.25) is 0 Å². The Morgan fingerprint density at radius 3 is 2.15 bits per heavy atom. The zero-order chi connectivity index (χ0) is 28.1. The SMILES string of the molecule is O=C(NC1CC1)[C@]1(Cc2ccccc2)N=C(c2ccc(OCCCO)cc2)O[C@@H]1c1ccc(-c2ccccc2)cc1. The molecule has 208 valence electrons. The first-order valence-electron chi connectivity index (χ1n) is 14.3. The standard InChI is InChI=1S/C35H34N2O4/c38-22-7-23-40-31-20-16-29(17-21-31)33-37-35(34(39)36-30-18-19-30,24-25-8-3-1-4-9-25)32(41-33)28-14-12-27(13-15-28)26-10-5-2-6-11-26/h1-6,8-17,20-21,30,32,38H,7,18-19,22-24H2,(H,36,39)/t32-,35-/m1/s1. The van der Waals surface area contributed by atoms with Crippen LogP contribution >= 0.6 is 0 Å². The summed E-state index contributed by atoms with van der Waals surface area (Å²) in [6.45, 7) is 0.527. The number of nitrogens with one attached hydrogen (secondary N) is 1. The number of hydrogen-bond donors (Lipinski definition) is 2. The molecule has 0 saturated heterocycles. The van der Waals surface area contributed by atoms with E-state index in [1.54, 1.807) is 0 Å². The first-order chi connectivity index (χ1) is 20.1. The lowest BCUT2D eigenvalue weighted by Crippen LogP contribution is -2.50. The monoisotopic (exact) mass is 546 g/mol. The normalized spacial score (nSPS) is 19.7. The molecule has 0 bridgehead atoms. The molecule has 6 nitrogen and oxygen atoms in total. The van der Waals surface area contributed by atoms with E-state index in [-0.39, 0.29) is 18.6 Å². The minimum absolute atomic E-state index is 0.0862. The second-order valence-electron chi connectivity index (χ2n) is 10.7. The Labute approximate surface area is 240 Å². The number of amides is 1. The molecule has 1 aliphatic carbocycles. The molecule has 2 atom stereocenters. The Kier molecular flexibility index (Phi) is 7.83. The van der Waals surface area contributed by atoms with Crippen molar-refractivity contribution in [3.05, 3.63) is 126 Å². The maximum absolute atomic E-state index is 14.1. The van der Waals surface area contributed by atoms with E-state index in [9.17, 15) is 4.79 Å². The van der Waals surface area contributed by atoms with E-state index in [4.69, 9.17) is 19.6 Å². The molecule has 41 heavy (non-hydrogen) atoms. The number of aliphatic hydroxyl groups excluding tert-OH is 1. The number of nitrogens with zero attached hydrogens (tertiary/aromatic N) is 1. The zero-order valence-corrected chi connectivity index (χ0v) is 22.9. The highest BCUT2D eigenvalue weighted by atomic mass is 16.5. The zero-order valence-electron chi connectivity index (χ0n) is 22.9. The highest BCUT2D eigenvalue weighted by molar-refractivity contribution is 6.01. The average Bonchev–Trinajstić information content (AvgIpc) is 3.76. The number of aliphatic imine (C=N–C) groups is 1. The molecule has 1 aliphatic heterocycles. The van der Waals surface area contributed by atoms with Crippen LogP contribution in [0.1, 0.15) is 42.1 Å². The molecule has 2 aliphatic rings. The van der Waals surface area contributed by atoms with Gasteiger partial charge in [-0.1, -0.05) is 84.9 Å². The number of hydrogen-bond acceptors (Lipinski definition) is 5. The third-order valence-corrected chi connectivity index (χ3v) is 7.58. The molecule has 2 N–H and O–H groups in total. The maximum atomic E-state index is 14.1. The fourth-order valence-corrected chi connectivity index (χ4v) is 5.21. The van der Waals surface area contributed by atoms with Crippen LogP contribution in [0.5, 0.6) is 5.75 Å². The lowest BCUT2D eigenvalue weighted by atomic mass is 9.81. The topological polar surface area (TPSA) is 80.2 Å². The number of ether oxygens (including phenoxy) is 2. The predicted octanol–water partition coefficient (Wildman–Crippen LogP) is 5.89. The van der Waals surface area contributed by atoms with Crippen LogP contribution in [-0.4, -0.2) is 41.7 Å². The van der Waals surface area contributed by atoms with E-state index in [0.29, 0.717) is 31.1 Å².